The van der Waals surface area contributed by atoms with Gasteiger partial charge < -0.3 is 5.32 Å². The first kappa shape index (κ1) is 17.6. The molecule has 20 heavy (non-hydrogen) atoms. The van der Waals surface area contributed by atoms with E-state index in [0.717, 1.165) is 19.4 Å². The molecule has 0 aliphatic heterocycles. The maximum atomic E-state index is 11.9. The summed E-state index contributed by atoms with van der Waals surface area (Å²) < 4.78 is 26.6. The molecule has 1 unspecified atom stereocenters. The molecule has 1 aromatic heterocycles. The van der Waals surface area contributed by atoms with E-state index in [1.54, 1.807) is 11.3 Å². The lowest BCUT2D eigenvalue weighted by molar-refractivity contribution is 0.545. The third-order valence-corrected chi connectivity index (χ3v) is 5.21. The zero-order valence-electron chi connectivity index (χ0n) is 12.6. The number of nitrogens with one attached hydrogen (secondary N) is 2. The average molecular weight is 319 g/mol. The van der Waals surface area contributed by atoms with Gasteiger partial charge in [0.1, 0.15) is 0 Å². The normalized spacial score (nSPS) is 13.8. The van der Waals surface area contributed by atoms with E-state index in [2.05, 4.69) is 29.3 Å². The van der Waals surface area contributed by atoms with Crippen LogP contribution in [-0.4, -0.2) is 32.8 Å². The lowest BCUT2D eigenvalue weighted by atomic mass is 10.1. The van der Waals surface area contributed by atoms with Gasteiger partial charge in [-0.25, -0.2) is 13.1 Å². The minimum atomic E-state index is -3.16. The van der Waals surface area contributed by atoms with Crippen molar-refractivity contribution in [2.45, 2.75) is 52.1 Å². The fraction of sp³-hybridized carbons (Fsp3) is 0.714. The lowest BCUT2D eigenvalue weighted by Gasteiger charge is -2.14. The largest absolute Gasteiger partial charge is 0.315 e. The van der Waals surface area contributed by atoms with Crippen molar-refractivity contribution in [2.75, 3.05) is 12.3 Å². The minimum absolute atomic E-state index is 0.0524. The third-order valence-electron chi connectivity index (χ3n) is 2.90. The van der Waals surface area contributed by atoms with Crippen LogP contribution in [0.5, 0.6) is 0 Å². The highest BCUT2D eigenvalue weighted by molar-refractivity contribution is 7.89. The van der Waals surface area contributed by atoms with Crippen LogP contribution >= 0.6 is 11.3 Å². The Morgan fingerprint density at radius 3 is 2.60 bits per heavy atom. The monoisotopic (exact) mass is 318 g/mol. The Balaban J connectivity index is 2.23. The van der Waals surface area contributed by atoms with Gasteiger partial charge in [-0.1, -0.05) is 13.8 Å². The SMILES string of the molecule is CC(C)NCCCCS(=O)(=O)NC(C)Cc1ccsc1. The van der Waals surface area contributed by atoms with Crippen LogP contribution in [0.25, 0.3) is 0 Å². The number of unbranched alkanes of at least 4 members (excludes halogenated alkanes) is 1. The van der Waals surface area contributed by atoms with Gasteiger partial charge in [-0.05, 0) is 55.1 Å². The van der Waals surface area contributed by atoms with E-state index in [4.69, 9.17) is 0 Å². The molecule has 116 valence electrons. The van der Waals surface area contributed by atoms with Gasteiger partial charge in [0.2, 0.25) is 10.0 Å². The van der Waals surface area contributed by atoms with Gasteiger partial charge in [-0.2, -0.15) is 11.3 Å². The number of thiophene rings is 1. The van der Waals surface area contributed by atoms with Crippen molar-refractivity contribution in [2.24, 2.45) is 0 Å². The maximum absolute atomic E-state index is 11.9. The standard InChI is InChI=1S/C14H26N2O2S2/c1-12(2)15-7-4-5-9-20(17,18)16-13(3)10-14-6-8-19-11-14/h6,8,11-13,15-16H,4-5,7,9-10H2,1-3H3. The molecule has 4 nitrogen and oxygen atoms in total. The lowest BCUT2D eigenvalue weighted by Crippen LogP contribution is -2.35. The molecule has 0 aliphatic carbocycles. The molecule has 1 aromatic rings. The maximum Gasteiger partial charge on any atom is 0.211 e. The quantitative estimate of drug-likeness (QED) is 0.651. The summed E-state index contributed by atoms with van der Waals surface area (Å²) in [5, 5.41) is 7.36. The first-order chi connectivity index (χ1) is 9.39. The molecule has 2 N–H and O–H groups in total. The molecule has 0 radical (unpaired) electrons. The van der Waals surface area contributed by atoms with E-state index in [9.17, 15) is 8.42 Å². The van der Waals surface area contributed by atoms with E-state index >= 15 is 0 Å². The minimum Gasteiger partial charge on any atom is -0.315 e. The molecule has 1 atom stereocenters. The Labute approximate surface area is 127 Å². The van der Waals surface area contributed by atoms with Crippen LogP contribution in [0, 0.1) is 0 Å². The molecule has 0 bridgehead atoms. The van der Waals surface area contributed by atoms with Crippen LogP contribution in [0.4, 0.5) is 0 Å². The van der Waals surface area contributed by atoms with Gasteiger partial charge in [0, 0.05) is 12.1 Å². The first-order valence-electron chi connectivity index (χ1n) is 7.13. The van der Waals surface area contributed by atoms with Gasteiger partial charge in [0.25, 0.3) is 0 Å². The van der Waals surface area contributed by atoms with Crippen molar-refractivity contribution in [3.05, 3.63) is 22.4 Å². The summed E-state index contributed by atoms with van der Waals surface area (Å²) in [5.41, 5.74) is 1.19. The zero-order valence-corrected chi connectivity index (χ0v) is 14.2. The van der Waals surface area contributed by atoms with Crippen molar-refractivity contribution in [3.63, 3.8) is 0 Å². The number of rotatable bonds is 10. The van der Waals surface area contributed by atoms with Crippen LogP contribution in [-0.2, 0) is 16.4 Å². The van der Waals surface area contributed by atoms with E-state index in [1.165, 1.54) is 5.56 Å². The molecular formula is C14H26N2O2S2. The Bertz CT molecular complexity index is 456. The van der Waals surface area contributed by atoms with Crippen molar-refractivity contribution < 1.29 is 8.42 Å². The van der Waals surface area contributed by atoms with E-state index in [-0.39, 0.29) is 11.8 Å². The molecule has 1 rings (SSSR count). The zero-order chi connectivity index (χ0) is 15.0. The van der Waals surface area contributed by atoms with Crippen LogP contribution in [0.1, 0.15) is 39.2 Å². The second-order valence-electron chi connectivity index (χ2n) is 5.49. The molecule has 1 heterocycles. The van der Waals surface area contributed by atoms with Gasteiger partial charge in [-0.3, -0.25) is 0 Å². The summed E-state index contributed by atoms with van der Waals surface area (Å²) in [7, 11) is -3.16. The molecule has 0 saturated carbocycles. The fourth-order valence-electron chi connectivity index (χ4n) is 1.98. The Kier molecular flexibility index (Phi) is 7.72. The predicted octanol–water partition coefficient (Wildman–Crippen LogP) is 2.38. The van der Waals surface area contributed by atoms with Gasteiger partial charge in [-0.15, -0.1) is 0 Å². The van der Waals surface area contributed by atoms with Crippen LogP contribution in [0.3, 0.4) is 0 Å². The highest BCUT2D eigenvalue weighted by atomic mass is 32.2. The first-order valence-corrected chi connectivity index (χ1v) is 9.73. The molecule has 0 spiro atoms. The second-order valence-corrected chi connectivity index (χ2v) is 8.14. The van der Waals surface area contributed by atoms with Gasteiger partial charge >= 0.3 is 0 Å². The van der Waals surface area contributed by atoms with Gasteiger partial charge in [0.15, 0.2) is 0 Å². The summed E-state index contributed by atoms with van der Waals surface area (Å²) in [6.07, 6.45) is 2.33. The summed E-state index contributed by atoms with van der Waals surface area (Å²) in [6, 6.07) is 2.44. The summed E-state index contributed by atoms with van der Waals surface area (Å²) in [5.74, 6) is 0.209. The number of hydrogen-bond acceptors (Lipinski definition) is 4. The molecule has 0 fully saturated rings. The summed E-state index contributed by atoms with van der Waals surface area (Å²) >= 11 is 1.64. The van der Waals surface area contributed by atoms with Crippen molar-refractivity contribution in [3.8, 4) is 0 Å². The third kappa shape index (κ3) is 7.99. The second kappa shape index (κ2) is 8.77. The highest BCUT2D eigenvalue weighted by Crippen LogP contribution is 2.09. The molecule has 0 saturated heterocycles. The molecule has 0 aliphatic rings. The Morgan fingerprint density at radius 2 is 2.00 bits per heavy atom. The predicted molar refractivity (Wildman–Crippen MR) is 86.8 cm³/mol. The van der Waals surface area contributed by atoms with Crippen LogP contribution in [0.15, 0.2) is 16.8 Å². The van der Waals surface area contributed by atoms with Gasteiger partial charge in [0.05, 0.1) is 5.75 Å². The molecule has 0 aromatic carbocycles. The number of sulfonamides is 1. The Hall–Kier alpha value is -0.430. The van der Waals surface area contributed by atoms with E-state index in [1.807, 2.05) is 18.4 Å². The fourth-order valence-corrected chi connectivity index (χ4v) is 4.06. The topological polar surface area (TPSA) is 58.2 Å². The van der Waals surface area contributed by atoms with Crippen molar-refractivity contribution in [1.82, 2.24) is 10.0 Å². The van der Waals surface area contributed by atoms with E-state index < -0.39 is 10.0 Å². The van der Waals surface area contributed by atoms with E-state index in [0.29, 0.717) is 12.5 Å². The van der Waals surface area contributed by atoms with Crippen molar-refractivity contribution in [1.29, 1.82) is 0 Å². The smallest absolute Gasteiger partial charge is 0.211 e. The van der Waals surface area contributed by atoms with Crippen LogP contribution < -0.4 is 10.0 Å². The highest BCUT2D eigenvalue weighted by Gasteiger charge is 2.14. The molecular weight excluding hydrogens is 292 g/mol. The van der Waals surface area contributed by atoms with Crippen molar-refractivity contribution >= 4 is 21.4 Å². The molecule has 6 heteroatoms. The average Bonchev–Trinajstić information content (AvgIpc) is 2.79. The number of hydrogen-bond donors (Lipinski definition) is 2. The Morgan fingerprint density at radius 1 is 1.25 bits per heavy atom. The van der Waals surface area contributed by atoms with Crippen LogP contribution in [0.2, 0.25) is 0 Å². The summed E-state index contributed by atoms with van der Waals surface area (Å²) in [4.78, 5) is 0. The summed E-state index contributed by atoms with van der Waals surface area (Å²) in [6.45, 7) is 6.96. The molecule has 0 amide bonds.